The minimum absolute atomic E-state index is 0.691. The Kier molecular flexibility index (Phi) is 3.66. The molecule has 0 radical (unpaired) electrons. The second-order valence-electron chi connectivity index (χ2n) is 7.29. The molecule has 1 aromatic rings. The van der Waals surface area contributed by atoms with Crippen LogP contribution in [0.15, 0.2) is 24.3 Å². The van der Waals surface area contributed by atoms with Crippen LogP contribution in [0.4, 0.5) is 0 Å². The van der Waals surface area contributed by atoms with Gasteiger partial charge in [0.15, 0.2) is 0 Å². The topological polar surface area (TPSA) is 12.5 Å². The van der Waals surface area contributed by atoms with Crippen LogP contribution in [0.25, 0.3) is 0 Å². The van der Waals surface area contributed by atoms with E-state index in [2.05, 4.69) is 29.2 Å². The molecule has 2 bridgehead atoms. The zero-order chi connectivity index (χ0) is 14.2. The highest BCUT2D eigenvalue weighted by atomic mass is 16.5. The van der Waals surface area contributed by atoms with Gasteiger partial charge in [-0.1, -0.05) is 24.6 Å². The number of hydrogen-bond acceptors (Lipinski definition) is 2. The van der Waals surface area contributed by atoms with Crippen molar-refractivity contribution in [3.8, 4) is 5.75 Å². The average Bonchev–Trinajstić information content (AvgIpc) is 3.18. The minimum Gasteiger partial charge on any atom is -0.496 e. The molecule has 2 heteroatoms. The quantitative estimate of drug-likeness (QED) is 0.830. The number of hydrogen-bond donors (Lipinski definition) is 0. The lowest BCUT2D eigenvalue weighted by atomic mass is 9.86. The summed E-state index contributed by atoms with van der Waals surface area (Å²) in [5.41, 5.74) is 1.42. The van der Waals surface area contributed by atoms with Crippen LogP contribution in [0.1, 0.15) is 50.0 Å². The summed E-state index contributed by atoms with van der Waals surface area (Å²) in [6, 6.07) is 9.52. The fourth-order valence-electron chi connectivity index (χ4n) is 5.20. The molecule has 2 aliphatic carbocycles. The number of ether oxygens (including phenoxy) is 1. The highest BCUT2D eigenvalue weighted by Crippen LogP contribution is 2.47. The van der Waals surface area contributed by atoms with E-state index in [-0.39, 0.29) is 0 Å². The third-order valence-corrected chi connectivity index (χ3v) is 6.28. The van der Waals surface area contributed by atoms with E-state index in [0.29, 0.717) is 5.92 Å². The third kappa shape index (κ3) is 2.48. The van der Waals surface area contributed by atoms with Crippen molar-refractivity contribution in [2.24, 2.45) is 11.8 Å². The van der Waals surface area contributed by atoms with E-state index in [4.69, 9.17) is 4.74 Å². The maximum absolute atomic E-state index is 5.55. The van der Waals surface area contributed by atoms with Gasteiger partial charge < -0.3 is 9.64 Å². The van der Waals surface area contributed by atoms with Gasteiger partial charge in [-0.15, -0.1) is 0 Å². The third-order valence-electron chi connectivity index (χ3n) is 6.28. The first-order chi connectivity index (χ1) is 10.3. The van der Waals surface area contributed by atoms with Crippen molar-refractivity contribution < 1.29 is 4.74 Å². The van der Waals surface area contributed by atoms with Crippen molar-refractivity contribution in [1.29, 1.82) is 0 Å². The number of benzene rings is 1. The molecule has 1 heterocycles. The Bertz CT molecular complexity index is 492. The maximum atomic E-state index is 5.55. The molecule has 1 aromatic carbocycles. The Morgan fingerprint density at radius 2 is 1.81 bits per heavy atom. The fraction of sp³-hybridized carbons (Fsp3) is 0.684. The van der Waals surface area contributed by atoms with Crippen LogP contribution >= 0.6 is 0 Å². The van der Waals surface area contributed by atoms with Crippen molar-refractivity contribution in [3.05, 3.63) is 29.8 Å². The van der Waals surface area contributed by atoms with Crippen molar-refractivity contribution in [3.63, 3.8) is 0 Å². The summed E-state index contributed by atoms with van der Waals surface area (Å²) in [4.78, 5) is 2.82. The largest absolute Gasteiger partial charge is 0.496 e. The standard InChI is InChI=1S/C19H27NO/c1-21-19-5-3-2-4-17(19)15-8-10-20(11-9-15)18-13-14-6-7-16(18)12-14/h2-5,14-16,18H,6-13H2,1H3/t14-,16?,18-/m0/s1. The molecule has 21 heavy (non-hydrogen) atoms. The summed E-state index contributed by atoms with van der Waals surface area (Å²) in [5.74, 6) is 3.86. The molecule has 0 amide bonds. The monoisotopic (exact) mass is 285 g/mol. The van der Waals surface area contributed by atoms with E-state index in [1.807, 2.05) is 0 Å². The van der Waals surface area contributed by atoms with Crippen LogP contribution < -0.4 is 4.74 Å². The summed E-state index contributed by atoms with van der Waals surface area (Å²) in [7, 11) is 1.79. The first-order valence-electron chi connectivity index (χ1n) is 8.72. The smallest absolute Gasteiger partial charge is 0.122 e. The first kappa shape index (κ1) is 13.6. The molecule has 0 aromatic heterocycles. The molecule has 3 fully saturated rings. The number of piperidine rings is 1. The molecular formula is C19H27NO. The number of nitrogens with zero attached hydrogens (tertiary/aromatic N) is 1. The number of fused-ring (bicyclic) bond motifs is 2. The summed E-state index contributed by atoms with van der Waals surface area (Å²) in [5, 5.41) is 0. The summed E-state index contributed by atoms with van der Waals surface area (Å²) in [6.45, 7) is 2.58. The van der Waals surface area contributed by atoms with Gasteiger partial charge >= 0.3 is 0 Å². The number of para-hydroxylation sites is 1. The predicted octanol–water partition coefficient (Wildman–Crippen LogP) is 4.06. The predicted molar refractivity (Wildman–Crippen MR) is 85.8 cm³/mol. The molecule has 2 saturated carbocycles. The van der Waals surface area contributed by atoms with Crippen LogP contribution in [-0.2, 0) is 0 Å². The summed E-state index contributed by atoms with van der Waals surface area (Å²) < 4.78 is 5.55. The van der Waals surface area contributed by atoms with Crippen LogP contribution in [0.3, 0.4) is 0 Å². The minimum atomic E-state index is 0.691. The first-order valence-corrected chi connectivity index (χ1v) is 8.72. The number of methoxy groups -OCH3 is 1. The lowest BCUT2D eigenvalue weighted by Gasteiger charge is -2.40. The van der Waals surface area contributed by atoms with Crippen molar-refractivity contribution in [2.45, 2.75) is 50.5 Å². The maximum Gasteiger partial charge on any atom is 0.122 e. The van der Waals surface area contributed by atoms with Crippen molar-refractivity contribution in [1.82, 2.24) is 4.90 Å². The molecule has 2 nitrogen and oxygen atoms in total. The molecule has 3 atom stereocenters. The molecule has 1 aliphatic heterocycles. The van der Waals surface area contributed by atoms with Crippen LogP contribution in [-0.4, -0.2) is 31.1 Å². The van der Waals surface area contributed by atoms with Gasteiger partial charge in [-0.2, -0.15) is 0 Å². The number of likely N-dealkylation sites (tertiary alicyclic amines) is 1. The molecule has 0 spiro atoms. The Balaban J connectivity index is 1.40. The van der Waals surface area contributed by atoms with Gasteiger partial charge in [0.1, 0.15) is 5.75 Å². The summed E-state index contributed by atoms with van der Waals surface area (Å²) in [6.07, 6.45) is 8.63. The highest BCUT2D eigenvalue weighted by Gasteiger charge is 2.42. The van der Waals surface area contributed by atoms with E-state index < -0.39 is 0 Å². The Morgan fingerprint density at radius 3 is 2.48 bits per heavy atom. The van der Waals surface area contributed by atoms with Crippen LogP contribution in [0, 0.1) is 11.8 Å². The van der Waals surface area contributed by atoms with Gasteiger partial charge in [-0.3, -0.25) is 0 Å². The van der Waals surface area contributed by atoms with Gasteiger partial charge in [-0.25, -0.2) is 0 Å². The van der Waals surface area contributed by atoms with Gasteiger partial charge in [0.05, 0.1) is 7.11 Å². The molecule has 3 aliphatic rings. The molecule has 1 saturated heterocycles. The zero-order valence-corrected chi connectivity index (χ0v) is 13.1. The van der Waals surface area contributed by atoms with E-state index in [9.17, 15) is 0 Å². The van der Waals surface area contributed by atoms with E-state index in [0.717, 1.165) is 23.6 Å². The van der Waals surface area contributed by atoms with Gasteiger partial charge in [-0.05, 0) is 74.6 Å². The molecule has 0 N–H and O–H groups in total. The normalized spacial score (nSPS) is 33.5. The average molecular weight is 285 g/mol. The molecule has 1 unspecified atom stereocenters. The van der Waals surface area contributed by atoms with Gasteiger partial charge in [0.25, 0.3) is 0 Å². The van der Waals surface area contributed by atoms with Crippen LogP contribution in [0.5, 0.6) is 5.75 Å². The lowest BCUT2D eigenvalue weighted by Crippen LogP contribution is -2.43. The Labute approximate surface area is 128 Å². The van der Waals surface area contributed by atoms with Gasteiger partial charge in [0.2, 0.25) is 0 Å². The molecule has 114 valence electrons. The fourth-order valence-corrected chi connectivity index (χ4v) is 5.20. The molecule has 4 rings (SSSR count). The van der Waals surface area contributed by atoms with Crippen molar-refractivity contribution >= 4 is 0 Å². The zero-order valence-electron chi connectivity index (χ0n) is 13.1. The second-order valence-corrected chi connectivity index (χ2v) is 7.29. The van der Waals surface area contributed by atoms with E-state index >= 15 is 0 Å². The van der Waals surface area contributed by atoms with Crippen LogP contribution in [0.2, 0.25) is 0 Å². The SMILES string of the molecule is COc1ccccc1C1CCN([C@H]2C[C@H]3CCC2C3)CC1. The Morgan fingerprint density at radius 1 is 1.00 bits per heavy atom. The lowest BCUT2D eigenvalue weighted by molar-refractivity contribution is 0.110. The molecular weight excluding hydrogens is 258 g/mol. The number of rotatable bonds is 3. The van der Waals surface area contributed by atoms with Crippen molar-refractivity contribution in [2.75, 3.05) is 20.2 Å². The van der Waals surface area contributed by atoms with Gasteiger partial charge in [0, 0.05) is 6.04 Å². The Hall–Kier alpha value is -1.02. The van der Waals surface area contributed by atoms with E-state index in [1.165, 1.54) is 57.2 Å². The van der Waals surface area contributed by atoms with E-state index in [1.54, 1.807) is 7.11 Å². The summed E-state index contributed by atoms with van der Waals surface area (Å²) >= 11 is 0. The highest BCUT2D eigenvalue weighted by molar-refractivity contribution is 5.36. The second kappa shape index (κ2) is 5.64.